The summed E-state index contributed by atoms with van der Waals surface area (Å²) in [5.74, 6) is -0.874. The van der Waals surface area contributed by atoms with Gasteiger partial charge in [-0.25, -0.2) is 9.18 Å². The summed E-state index contributed by atoms with van der Waals surface area (Å²) in [6.07, 6.45) is 1.76. The van der Waals surface area contributed by atoms with Crippen LogP contribution in [0.5, 0.6) is 0 Å². The monoisotopic (exact) mass is 239 g/mol. The molecule has 1 aliphatic carbocycles. The van der Waals surface area contributed by atoms with Gasteiger partial charge in [0.25, 0.3) is 0 Å². The van der Waals surface area contributed by atoms with Crippen molar-refractivity contribution in [1.29, 1.82) is 0 Å². The topological polar surface area (TPSA) is 48.4 Å². The number of methoxy groups -OCH3 is 2. The molecule has 0 bridgehead atoms. The number of hydrogen-bond donors (Lipinski definition) is 0. The van der Waals surface area contributed by atoms with Crippen molar-refractivity contribution in [3.63, 3.8) is 0 Å². The Morgan fingerprint density at radius 1 is 1.59 bits per heavy atom. The van der Waals surface area contributed by atoms with E-state index in [1.165, 1.54) is 7.11 Å². The summed E-state index contributed by atoms with van der Waals surface area (Å²) in [5.41, 5.74) is -1.37. The van der Waals surface area contributed by atoms with E-state index >= 15 is 0 Å². The van der Waals surface area contributed by atoms with Crippen LogP contribution in [0.2, 0.25) is 0 Å². The smallest absolute Gasteiger partial charge is 0.348 e. The molecular formula is C12H14FNO3. The molecule has 5 heteroatoms. The first-order valence-corrected chi connectivity index (χ1v) is 5.39. The number of nitrogens with zero attached hydrogens (tertiary/aromatic N) is 1. The Balaban J connectivity index is 2.51. The van der Waals surface area contributed by atoms with E-state index in [0.29, 0.717) is 12.1 Å². The maximum Gasteiger partial charge on any atom is 0.348 e. The second-order valence-corrected chi connectivity index (χ2v) is 3.99. The minimum Gasteiger partial charge on any atom is -0.466 e. The first-order chi connectivity index (χ1) is 8.13. The van der Waals surface area contributed by atoms with Gasteiger partial charge in [-0.3, -0.25) is 4.98 Å². The fourth-order valence-corrected chi connectivity index (χ4v) is 2.21. The van der Waals surface area contributed by atoms with E-state index in [9.17, 15) is 9.18 Å². The molecule has 0 N–H and O–H groups in total. The van der Waals surface area contributed by atoms with Gasteiger partial charge in [0.15, 0.2) is 0 Å². The first-order valence-electron chi connectivity index (χ1n) is 5.39. The van der Waals surface area contributed by atoms with Crippen LogP contribution in [0.4, 0.5) is 4.39 Å². The van der Waals surface area contributed by atoms with Gasteiger partial charge in [0.05, 0.1) is 18.9 Å². The molecule has 17 heavy (non-hydrogen) atoms. The van der Waals surface area contributed by atoms with E-state index in [0.717, 1.165) is 0 Å². The lowest BCUT2D eigenvalue weighted by molar-refractivity contribution is -0.157. The maximum atomic E-state index is 14.7. The van der Waals surface area contributed by atoms with Crippen LogP contribution in [0, 0.1) is 0 Å². The van der Waals surface area contributed by atoms with E-state index in [1.54, 1.807) is 25.4 Å². The average Bonchev–Trinajstić information content (AvgIpc) is 2.38. The van der Waals surface area contributed by atoms with Crippen LogP contribution in [-0.2, 0) is 19.9 Å². The lowest BCUT2D eigenvalue weighted by atomic mass is 9.81. The normalized spacial score (nSPS) is 27.4. The van der Waals surface area contributed by atoms with E-state index in [-0.39, 0.29) is 18.1 Å². The molecule has 0 spiro atoms. The third-order valence-corrected chi connectivity index (χ3v) is 3.11. The predicted octanol–water partition coefficient (Wildman–Crippen LogP) is 1.90. The first kappa shape index (κ1) is 12.0. The number of carbonyl (C=O) groups is 1. The number of halogens is 1. The van der Waals surface area contributed by atoms with Crippen molar-refractivity contribution < 1.29 is 18.7 Å². The number of alkyl halides is 1. The van der Waals surface area contributed by atoms with Crippen molar-refractivity contribution in [2.24, 2.45) is 0 Å². The summed E-state index contributed by atoms with van der Waals surface area (Å²) < 4.78 is 24.5. The van der Waals surface area contributed by atoms with Crippen LogP contribution in [0.3, 0.4) is 0 Å². The van der Waals surface area contributed by atoms with Gasteiger partial charge in [-0.2, -0.15) is 0 Å². The van der Waals surface area contributed by atoms with Gasteiger partial charge in [-0.05, 0) is 18.9 Å². The second kappa shape index (κ2) is 4.41. The number of ether oxygens (including phenoxy) is 2. The van der Waals surface area contributed by atoms with Crippen LogP contribution in [0.15, 0.2) is 18.3 Å². The molecule has 1 aromatic rings. The highest BCUT2D eigenvalue weighted by Crippen LogP contribution is 2.43. The summed E-state index contributed by atoms with van der Waals surface area (Å²) in [6, 6.07) is 3.17. The Hall–Kier alpha value is -1.49. The molecule has 92 valence electrons. The summed E-state index contributed by atoms with van der Waals surface area (Å²) in [6.45, 7) is 0. The quantitative estimate of drug-likeness (QED) is 0.739. The number of aromatic nitrogens is 1. The number of pyridine rings is 1. The third-order valence-electron chi connectivity index (χ3n) is 3.11. The molecule has 2 rings (SSSR count). The molecule has 0 fully saturated rings. The van der Waals surface area contributed by atoms with Crippen LogP contribution < -0.4 is 0 Å². The Morgan fingerprint density at radius 2 is 2.35 bits per heavy atom. The number of rotatable bonds is 2. The van der Waals surface area contributed by atoms with Gasteiger partial charge < -0.3 is 9.47 Å². The number of fused-ring (bicyclic) bond motifs is 1. The molecule has 1 heterocycles. The van der Waals surface area contributed by atoms with Gasteiger partial charge in [0.2, 0.25) is 5.67 Å². The van der Waals surface area contributed by atoms with Crippen molar-refractivity contribution in [3.05, 3.63) is 29.6 Å². The SMILES string of the molecule is COC(=O)[C@]1(F)CC[C@@H](OC)c2ncccc21. The highest BCUT2D eigenvalue weighted by molar-refractivity contribution is 5.81. The van der Waals surface area contributed by atoms with Crippen LogP contribution >= 0.6 is 0 Å². The van der Waals surface area contributed by atoms with E-state index in [2.05, 4.69) is 9.72 Å². The molecule has 0 unspecified atom stereocenters. The zero-order valence-electron chi connectivity index (χ0n) is 9.77. The van der Waals surface area contributed by atoms with Gasteiger partial charge >= 0.3 is 5.97 Å². The van der Waals surface area contributed by atoms with Gasteiger partial charge in [0.1, 0.15) is 0 Å². The predicted molar refractivity (Wildman–Crippen MR) is 58.0 cm³/mol. The Morgan fingerprint density at radius 3 is 3.00 bits per heavy atom. The molecular weight excluding hydrogens is 225 g/mol. The fraction of sp³-hybridized carbons (Fsp3) is 0.500. The van der Waals surface area contributed by atoms with Gasteiger partial charge in [-0.15, -0.1) is 0 Å². The van der Waals surface area contributed by atoms with E-state index in [4.69, 9.17) is 4.74 Å². The molecule has 0 radical (unpaired) electrons. The van der Waals surface area contributed by atoms with E-state index < -0.39 is 11.6 Å². The summed E-state index contributed by atoms with van der Waals surface area (Å²) in [4.78, 5) is 15.7. The van der Waals surface area contributed by atoms with Crippen molar-refractivity contribution in [2.45, 2.75) is 24.6 Å². The second-order valence-electron chi connectivity index (χ2n) is 3.99. The van der Waals surface area contributed by atoms with E-state index in [1.807, 2.05) is 0 Å². The molecule has 0 saturated heterocycles. The van der Waals surface area contributed by atoms with Crippen LogP contribution in [-0.4, -0.2) is 25.2 Å². The minimum atomic E-state index is -2.10. The Labute approximate surface area is 98.8 Å². The molecule has 0 aliphatic heterocycles. The number of hydrogen-bond acceptors (Lipinski definition) is 4. The van der Waals surface area contributed by atoms with Crippen molar-refractivity contribution in [3.8, 4) is 0 Å². The molecule has 0 saturated carbocycles. The maximum absolute atomic E-state index is 14.7. The zero-order chi connectivity index (χ0) is 12.5. The Kier molecular flexibility index (Phi) is 3.11. The van der Waals surface area contributed by atoms with Crippen molar-refractivity contribution in [1.82, 2.24) is 4.98 Å². The summed E-state index contributed by atoms with van der Waals surface area (Å²) >= 11 is 0. The molecule has 2 atom stereocenters. The summed E-state index contributed by atoms with van der Waals surface area (Å²) in [5, 5.41) is 0. The average molecular weight is 239 g/mol. The zero-order valence-corrected chi connectivity index (χ0v) is 9.77. The lowest BCUT2D eigenvalue weighted by Crippen LogP contribution is -2.37. The molecule has 1 aromatic heterocycles. The van der Waals surface area contributed by atoms with Gasteiger partial charge in [-0.1, -0.05) is 6.07 Å². The molecule has 1 aliphatic rings. The number of esters is 1. The molecule has 0 amide bonds. The molecule has 4 nitrogen and oxygen atoms in total. The number of carbonyl (C=O) groups excluding carboxylic acids is 1. The van der Waals surface area contributed by atoms with Crippen LogP contribution in [0.25, 0.3) is 0 Å². The van der Waals surface area contributed by atoms with Crippen molar-refractivity contribution >= 4 is 5.97 Å². The standard InChI is InChI=1S/C12H14FNO3/c1-16-9-5-6-12(13,11(15)17-2)8-4-3-7-14-10(8)9/h3-4,7,9H,5-6H2,1-2H3/t9-,12+/m1/s1. The minimum absolute atomic E-state index is 0.0525. The fourth-order valence-electron chi connectivity index (χ4n) is 2.21. The molecule has 0 aromatic carbocycles. The Bertz CT molecular complexity index is 438. The van der Waals surface area contributed by atoms with Crippen molar-refractivity contribution in [2.75, 3.05) is 14.2 Å². The largest absolute Gasteiger partial charge is 0.466 e. The highest BCUT2D eigenvalue weighted by Gasteiger charge is 2.48. The summed E-state index contributed by atoms with van der Waals surface area (Å²) in [7, 11) is 2.73. The lowest BCUT2D eigenvalue weighted by Gasteiger charge is -2.32. The van der Waals surface area contributed by atoms with Gasteiger partial charge in [0, 0.05) is 18.9 Å². The van der Waals surface area contributed by atoms with Crippen LogP contribution in [0.1, 0.15) is 30.2 Å². The third kappa shape index (κ3) is 1.80. The highest BCUT2D eigenvalue weighted by atomic mass is 19.1.